The van der Waals surface area contributed by atoms with E-state index in [0.717, 1.165) is 17.8 Å². The molecule has 1 aliphatic heterocycles. The number of nitriles is 1. The van der Waals surface area contributed by atoms with Crippen LogP contribution in [0.15, 0.2) is 65.3 Å². The van der Waals surface area contributed by atoms with Gasteiger partial charge in [-0.15, -0.1) is 0 Å². The normalized spacial score (nSPS) is 15.3. The third-order valence-electron chi connectivity index (χ3n) is 3.62. The second-order valence-corrected chi connectivity index (χ2v) is 5.15. The number of benzene rings is 2. The molecule has 24 heavy (non-hydrogen) atoms. The Morgan fingerprint density at radius 1 is 1.17 bits per heavy atom. The van der Waals surface area contributed by atoms with Crippen molar-refractivity contribution >= 4 is 22.9 Å². The molecule has 2 aromatic rings. The van der Waals surface area contributed by atoms with Crippen molar-refractivity contribution in [2.75, 3.05) is 11.9 Å². The third kappa shape index (κ3) is 2.90. The number of hydrogen-bond donors (Lipinski definition) is 1. The van der Waals surface area contributed by atoms with E-state index in [9.17, 15) is 10.1 Å². The van der Waals surface area contributed by atoms with Crippen LogP contribution in [0.4, 0.5) is 5.69 Å². The van der Waals surface area contributed by atoms with Gasteiger partial charge >= 0.3 is 5.97 Å². The van der Waals surface area contributed by atoms with Gasteiger partial charge in [-0.3, -0.25) is 0 Å². The van der Waals surface area contributed by atoms with Crippen LogP contribution in [0.5, 0.6) is 0 Å². The van der Waals surface area contributed by atoms with Gasteiger partial charge in [0.15, 0.2) is 0 Å². The molecule has 3 rings (SSSR count). The third-order valence-corrected chi connectivity index (χ3v) is 3.62. The molecule has 118 valence electrons. The monoisotopic (exact) mass is 317 g/mol. The van der Waals surface area contributed by atoms with Crippen molar-refractivity contribution in [1.29, 1.82) is 5.26 Å². The smallest absolute Gasteiger partial charge is 0.369 e. The molecule has 0 radical (unpaired) electrons. The predicted molar refractivity (Wildman–Crippen MR) is 92.2 cm³/mol. The van der Waals surface area contributed by atoms with Crippen LogP contribution in [0, 0.1) is 11.3 Å². The lowest BCUT2D eigenvalue weighted by atomic mass is 9.94. The second-order valence-electron chi connectivity index (χ2n) is 5.15. The average molecular weight is 317 g/mol. The number of nitrogens with one attached hydrogen (secondary N) is 1. The fourth-order valence-electron chi connectivity index (χ4n) is 2.51. The van der Waals surface area contributed by atoms with E-state index in [2.05, 4.69) is 16.5 Å². The molecular weight excluding hydrogens is 302 g/mol. The van der Waals surface area contributed by atoms with E-state index < -0.39 is 5.97 Å². The molecule has 0 unspecified atom stereocenters. The van der Waals surface area contributed by atoms with Gasteiger partial charge in [0.2, 0.25) is 0 Å². The highest BCUT2D eigenvalue weighted by Crippen LogP contribution is 2.27. The molecule has 0 aliphatic carbocycles. The number of nitrogens with zero attached hydrogens (tertiary/aromatic N) is 2. The topological polar surface area (TPSA) is 74.5 Å². The molecule has 0 saturated carbocycles. The van der Waals surface area contributed by atoms with Crippen LogP contribution in [-0.4, -0.2) is 18.2 Å². The molecule has 2 aromatic carbocycles. The summed E-state index contributed by atoms with van der Waals surface area (Å²) in [5, 5.41) is 16.7. The number of hydrogen-bond acceptors (Lipinski definition) is 5. The molecule has 0 spiro atoms. The summed E-state index contributed by atoms with van der Waals surface area (Å²) in [5.41, 5.74) is 3.16. The Morgan fingerprint density at radius 2 is 1.88 bits per heavy atom. The number of carbonyl (C=O) groups excluding carboxylic acids is 1. The zero-order valence-electron chi connectivity index (χ0n) is 13.1. The molecular formula is C19H15N3O2. The van der Waals surface area contributed by atoms with E-state index in [1.54, 1.807) is 12.1 Å². The van der Waals surface area contributed by atoms with Crippen molar-refractivity contribution in [2.45, 2.75) is 6.92 Å². The van der Waals surface area contributed by atoms with Crippen LogP contribution in [-0.2, 0) is 9.63 Å². The summed E-state index contributed by atoms with van der Waals surface area (Å²) in [6, 6.07) is 18.7. The summed E-state index contributed by atoms with van der Waals surface area (Å²) >= 11 is 0. The van der Waals surface area contributed by atoms with Crippen molar-refractivity contribution in [3.05, 3.63) is 71.3 Å². The molecule has 5 nitrogen and oxygen atoms in total. The largest absolute Gasteiger partial charge is 0.385 e. The van der Waals surface area contributed by atoms with Gasteiger partial charge in [-0.1, -0.05) is 47.6 Å². The Balaban J connectivity index is 2.07. The van der Waals surface area contributed by atoms with Crippen molar-refractivity contribution in [3.63, 3.8) is 0 Å². The van der Waals surface area contributed by atoms with Crippen LogP contribution in [0.2, 0.25) is 0 Å². The summed E-state index contributed by atoms with van der Waals surface area (Å²) in [5.74, 6) is -0.610. The molecule has 0 amide bonds. The quantitative estimate of drug-likeness (QED) is 0.533. The maximum absolute atomic E-state index is 12.1. The molecule has 1 heterocycles. The minimum absolute atomic E-state index is 0.194. The summed E-state index contributed by atoms with van der Waals surface area (Å²) in [4.78, 5) is 17.0. The molecule has 1 aliphatic rings. The number of rotatable bonds is 4. The van der Waals surface area contributed by atoms with Gasteiger partial charge in [0.05, 0.1) is 5.57 Å². The SMILES string of the molecule is CCNc1ccc(C(C#N)=C2C(=O)ON=C2c2ccccc2)cc1. The highest BCUT2D eigenvalue weighted by Gasteiger charge is 2.31. The maximum Gasteiger partial charge on any atom is 0.369 e. The predicted octanol–water partition coefficient (Wildman–Crippen LogP) is 3.36. The van der Waals surface area contributed by atoms with Gasteiger partial charge in [0, 0.05) is 17.8 Å². The first-order valence-corrected chi connectivity index (χ1v) is 7.58. The van der Waals surface area contributed by atoms with Crippen LogP contribution in [0.1, 0.15) is 18.1 Å². The first-order chi connectivity index (χ1) is 11.7. The Labute approximate surface area is 139 Å². The van der Waals surface area contributed by atoms with E-state index in [1.165, 1.54) is 0 Å². The van der Waals surface area contributed by atoms with Crippen LogP contribution < -0.4 is 5.32 Å². The number of anilines is 1. The Bertz CT molecular complexity index is 860. The van der Waals surface area contributed by atoms with E-state index in [-0.39, 0.29) is 11.1 Å². The van der Waals surface area contributed by atoms with Crippen LogP contribution in [0.25, 0.3) is 5.57 Å². The fourth-order valence-corrected chi connectivity index (χ4v) is 2.51. The molecule has 0 aromatic heterocycles. The van der Waals surface area contributed by atoms with E-state index >= 15 is 0 Å². The number of allylic oxidation sites excluding steroid dienone is 1. The van der Waals surface area contributed by atoms with Crippen LogP contribution >= 0.6 is 0 Å². The highest BCUT2D eigenvalue weighted by molar-refractivity contribution is 6.33. The second kappa shape index (κ2) is 6.80. The van der Waals surface area contributed by atoms with Gasteiger partial charge in [0.1, 0.15) is 17.4 Å². The molecule has 0 fully saturated rings. The fraction of sp³-hybridized carbons (Fsp3) is 0.105. The summed E-state index contributed by atoms with van der Waals surface area (Å²) in [6.45, 7) is 2.82. The Hall–Kier alpha value is -3.39. The molecule has 1 N–H and O–H groups in total. The average Bonchev–Trinajstić information content (AvgIpc) is 3.00. The van der Waals surface area contributed by atoms with E-state index in [4.69, 9.17) is 4.84 Å². The zero-order chi connectivity index (χ0) is 16.9. The van der Waals surface area contributed by atoms with Gasteiger partial charge in [-0.25, -0.2) is 4.79 Å². The summed E-state index contributed by atoms with van der Waals surface area (Å²) < 4.78 is 0. The van der Waals surface area contributed by atoms with Crippen molar-refractivity contribution < 1.29 is 9.63 Å². The molecule has 5 heteroatoms. The Kier molecular flexibility index (Phi) is 4.39. The Morgan fingerprint density at radius 3 is 2.50 bits per heavy atom. The molecule has 0 atom stereocenters. The summed E-state index contributed by atoms with van der Waals surface area (Å²) in [7, 11) is 0. The minimum atomic E-state index is -0.610. The van der Waals surface area contributed by atoms with Crippen LogP contribution in [0.3, 0.4) is 0 Å². The maximum atomic E-state index is 12.1. The minimum Gasteiger partial charge on any atom is -0.385 e. The van der Waals surface area contributed by atoms with Crippen molar-refractivity contribution in [1.82, 2.24) is 0 Å². The zero-order valence-corrected chi connectivity index (χ0v) is 13.1. The van der Waals surface area contributed by atoms with Crippen molar-refractivity contribution in [2.24, 2.45) is 5.16 Å². The lowest BCUT2D eigenvalue weighted by Crippen LogP contribution is -2.09. The lowest BCUT2D eigenvalue weighted by Gasteiger charge is -2.07. The van der Waals surface area contributed by atoms with E-state index in [1.807, 2.05) is 49.4 Å². The van der Waals surface area contributed by atoms with E-state index in [0.29, 0.717) is 11.3 Å². The highest BCUT2D eigenvalue weighted by atomic mass is 16.7. The first-order valence-electron chi connectivity index (χ1n) is 7.58. The van der Waals surface area contributed by atoms with Gasteiger partial charge in [-0.05, 0) is 24.6 Å². The van der Waals surface area contributed by atoms with Gasteiger partial charge in [0.25, 0.3) is 0 Å². The lowest BCUT2D eigenvalue weighted by molar-refractivity contribution is -0.136. The number of carbonyl (C=O) groups is 1. The first kappa shape index (κ1) is 15.5. The summed E-state index contributed by atoms with van der Waals surface area (Å²) in [6.07, 6.45) is 0. The molecule has 0 bridgehead atoms. The number of oxime groups is 1. The standard InChI is InChI=1S/C19H15N3O2/c1-2-21-15-10-8-13(9-11-15)16(12-20)17-18(22-24-19(17)23)14-6-4-3-5-7-14/h3-11,21H,2H2,1H3. The van der Waals surface area contributed by atoms with Gasteiger partial charge in [-0.2, -0.15) is 5.26 Å². The van der Waals surface area contributed by atoms with Gasteiger partial charge < -0.3 is 10.2 Å². The molecule has 0 saturated heterocycles. The van der Waals surface area contributed by atoms with Crippen molar-refractivity contribution in [3.8, 4) is 6.07 Å².